The number of rotatable bonds is 8. The summed E-state index contributed by atoms with van der Waals surface area (Å²) < 4.78 is 10.8. The predicted molar refractivity (Wildman–Crippen MR) is 162 cm³/mol. The quantitative estimate of drug-likeness (QED) is 0.197. The van der Waals surface area contributed by atoms with Gasteiger partial charge in [-0.05, 0) is 65.7 Å². The van der Waals surface area contributed by atoms with Gasteiger partial charge in [-0.2, -0.15) is 10.2 Å². The van der Waals surface area contributed by atoms with Crippen LogP contribution in [-0.4, -0.2) is 37.2 Å². The van der Waals surface area contributed by atoms with Gasteiger partial charge in [0.1, 0.15) is 29.3 Å². The predicted octanol–water partition coefficient (Wildman–Crippen LogP) is 6.83. The van der Waals surface area contributed by atoms with Gasteiger partial charge >= 0.3 is 0 Å². The van der Waals surface area contributed by atoms with Crippen LogP contribution in [-0.2, 0) is 4.79 Å². The maximum absolute atomic E-state index is 13.4. The second kappa shape index (κ2) is 12.7. The van der Waals surface area contributed by atoms with Crippen LogP contribution in [0.25, 0.3) is 6.08 Å². The van der Waals surface area contributed by atoms with Crippen molar-refractivity contribution in [3.05, 3.63) is 118 Å². The molecule has 212 valence electrons. The van der Waals surface area contributed by atoms with Gasteiger partial charge in [-0.3, -0.25) is 9.59 Å². The summed E-state index contributed by atoms with van der Waals surface area (Å²) in [7, 11) is 2.97. The third-order valence-corrected chi connectivity index (χ3v) is 6.91. The monoisotopic (exact) mass is 582 g/mol. The van der Waals surface area contributed by atoms with Gasteiger partial charge < -0.3 is 25.2 Å². The molecule has 0 fully saturated rings. The van der Waals surface area contributed by atoms with Gasteiger partial charge in [0.25, 0.3) is 11.8 Å². The number of benzene rings is 4. The fraction of sp³-hybridized carbons (Fsp3) is 0.125. The zero-order valence-corrected chi connectivity index (χ0v) is 23.5. The van der Waals surface area contributed by atoms with Crippen molar-refractivity contribution in [3.8, 4) is 11.5 Å². The summed E-state index contributed by atoms with van der Waals surface area (Å²) >= 11 is 6.12. The number of amides is 2. The van der Waals surface area contributed by atoms with E-state index in [1.807, 2.05) is 42.5 Å². The summed E-state index contributed by atoms with van der Waals surface area (Å²) in [6.07, 6.45) is 0.289. The van der Waals surface area contributed by atoms with E-state index in [1.165, 1.54) is 14.2 Å². The number of carbonyl (C=O) groups excluding carboxylic acids is 2. The third-order valence-electron chi connectivity index (χ3n) is 6.68. The normalized spacial score (nSPS) is 15.9. The molecular formula is C32H27ClN4O5. The van der Waals surface area contributed by atoms with E-state index in [1.54, 1.807) is 54.6 Å². The van der Waals surface area contributed by atoms with Crippen LogP contribution in [0.4, 0.5) is 17.1 Å². The van der Waals surface area contributed by atoms with Crippen LogP contribution in [0.3, 0.4) is 0 Å². The average Bonchev–Trinajstić information content (AvgIpc) is 3.00. The maximum atomic E-state index is 13.4. The number of carbonyl (C=O) groups is 2. The van der Waals surface area contributed by atoms with Gasteiger partial charge in [0, 0.05) is 21.8 Å². The number of azo groups is 1. The standard InChI is InChI=1S/C32H27ClN4O5/c1-41-27-15-13-21(33)18-25(27)35-32(40)24-16-19-8-6-7-11-23(19)29(30(24)38)37-36-26-17-20(12-14-28(26)42-2)31(39)34-22-9-4-3-5-10-22/h3-18,29-30,38H,1-2H3,(H,34,39)(H,35,40). The number of halogens is 1. The summed E-state index contributed by atoms with van der Waals surface area (Å²) in [4.78, 5) is 26.3. The highest BCUT2D eigenvalue weighted by molar-refractivity contribution is 6.31. The van der Waals surface area contributed by atoms with Crippen LogP contribution in [0.1, 0.15) is 27.5 Å². The van der Waals surface area contributed by atoms with Crippen LogP contribution in [0.15, 0.2) is 107 Å². The first-order valence-corrected chi connectivity index (χ1v) is 13.3. The second-order valence-electron chi connectivity index (χ2n) is 9.34. The Morgan fingerprint density at radius 2 is 1.55 bits per heavy atom. The van der Waals surface area contributed by atoms with Crippen LogP contribution < -0.4 is 20.1 Å². The van der Waals surface area contributed by atoms with Crippen molar-refractivity contribution < 1.29 is 24.2 Å². The first-order valence-electron chi connectivity index (χ1n) is 13.0. The van der Waals surface area contributed by atoms with Gasteiger partial charge in [-0.25, -0.2) is 0 Å². The van der Waals surface area contributed by atoms with Crippen LogP contribution in [0.2, 0.25) is 5.02 Å². The molecule has 10 heteroatoms. The molecule has 0 saturated heterocycles. The SMILES string of the molecule is COc1ccc(C(=O)Nc2ccccc2)cc1N=NC1c2ccccc2C=C(C(=O)Nc2cc(Cl)ccc2OC)C1O. The summed E-state index contributed by atoms with van der Waals surface area (Å²) in [6, 6.07) is 25.1. The van der Waals surface area contributed by atoms with Crippen molar-refractivity contribution in [2.75, 3.05) is 24.9 Å². The number of hydrogen-bond acceptors (Lipinski definition) is 7. The van der Waals surface area contributed by atoms with Crippen LogP contribution >= 0.6 is 11.6 Å². The van der Waals surface area contributed by atoms with E-state index < -0.39 is 18.1 Å². The Balaban J connectivity index is 1.44. The molecule has 1 aliphatic carbocycles. The summed E-state index contributed by atoms with van der Waals surface area (Å²) in [6.45, 7) is 0. The molecule has 1 aliphatic rings. The van der Waals surface area contributed by atoms with Crippen molar-refractivity contribution in [2.45, 2.75) is 12.1 Å². The molecule has 0 aliphatic heterocycles. The van der Waals surface area contributed by atoms with Gasteiger partial charge in [-0.1, -0.05) is 54.1 Å². The number of nitrogens with one attached hydrogen (secondary N) is 2. The lowest BCUT2D eigenvalue weighted by Gasteiger charge is -2.27. The number of para-hydroxylation sites is 1. The fourth-order valence-corrected chi connectivity index (χ4v) is 4.73. The van der Waals surface area contributed by atoms with E-state index in [0.29, 0.717) is 44.6 Å². The number of aliphatic hydroxyl groups excluding tert-OH is 1. The number of aliphatic hydroxyl groups is 1. The van der Waals surface area contributed by atoms with Gasteiger partial charge in [-0.15, -0.1) is 0 Å². The van der Waals surface area contributed by atoms with Crippen molar-refractivity contribution >= 4 is 46.6 Å². The zero-order valence-electron chi connectivity index (χ0n) is 22.7. The van der Waals surface area contributed by atoms with E-state index in [0.717, 1.165) is 0 Å². The molecule has 3 N–H and O–H groups in total. The lowest BCUT2D eigenvalue weighted by Crippen LogP contribution is -2.31. The Hall–Kier alpha value is -4.99. The molecule has 4 aromatic carbocycles. The molecular weight excluding hydrogens is 556 g/mol. The molecule has 0 heterocycles. The van der Waals surface area contributed by atoms with E-state index in [4.69, 9.17) is 21.1 Å². The molecule has 42 heavy (non-hydrogen) atoms. The van der Waals surface area contributed by atoms with Gasteiger partial charge in [0.2, 0.25) is 0 Å². The second-order valence-corrected chi connectivity index (χ2v) is 9.78. The summed E-state index contributed by atoms with van der Waals surface area (Å²) in [5, 5.41) is 26.2. The number of nitrogens with zero attached hydrogens (tertiary/aromatic N) is 2. The molecule has 2 unspecified atom stereocenters. The number of fused-ring (bicyclic) bond motifs is 1. The minimum absolute atomic E-state index is 0.0858. The van der Waals surface area contributed by atoms with Crippen molar-refractivity contribution in [1.82, 2.24) is 0 Å². The smallest absolute Gasteiger partial charge is 0.255 e. The molecule has 0 bridgehead atoms. The number of ether oxygens (including phenoxy) is 2. The maximum Gasteiger partial charge on any atom is 0.255 e. The molecule has 0 radical (unpaired) electrons. The van der Waals surface area contributed by atoms with E-state index >= 15 is 0 Å². The molecule has 5 rings (SSSR count). The Labute approximate surface area is 247 Å². The fourth-order valence-electron chi connectivity index (χ4n) is 4.56. The summed E-state index contributed by atoms with van der Waals surface area (Å²) in [5.74, 6) is -0.0784. The largest absolute Gasteiger partial charge is 0.495 e. The van der Waals surface area contributed by atoms with Crippen molar-refractivity contribution in [2.24, 2.45) is 10.2 Å². The van der Waals surface area contributed by atoms with Gasteiger partial charge in [0.05, 0.1) is 19.9 Å². The highest BCUT2D eigenvalue weighted by atomic mass is 35.5. The first-order chi connectivity index (χ1) is 20.4. The lowest BCUT2D eigenvalue weighted by atomic mass is 9.86. The number of methoxy groups -OCH3 is 2. The molecule has 2 amide bonds. The average molecular weight is 583 g/mol. The Morgan fingerprint density at radius 3 is 2.31 bits per heavy atom. The minimum atomic E-state index is -1.33. The van der Waals surface area contributed by atoms with Crippen LogP contribution in [0, 0.1) is 0 Å². The van der Waals surface area contributed by atoms with E-state index in [2.05, 4.69) is 20.9 Å². The molecule has 0 spiro atoms. The van der Waals surface area contributed by atoms with Gasteiger partial charge in [0.15, 0.2) is 0 Å². The van der Waals surface area contributed by atoms with E-state index in [9.17, 15) is 14.7 Å². The molecule has 4 aromatic rings. The van der Waals surface area contributed by atoms with Crippen molar-refractivity contribution in [1.29, 1.82) is 0 Å². The minimum Gasteiger partial charge on any atom is -0.495 e. The highest BCUT2D eigenvalue weighted by Gasteiger charge is 2.34. The topological polar surface area (TPSA) is 122 Å². The number of hydrogen-bond donors (Lipinski definition) is 3. The Kier molecular flexibility index (Phi) is 8.61. The number of anilines is 2. The molecule has 2 atom stereocenters. The summed E-state index contributed by atoms with van der Waals surface area (Å²) in [5.41, 5.74) is 3.11. The first kappa shape index (κ1) is 28.5. The molecule has 9 nitrogen and oxygen atoms in total. The lowest BCUT2D eigenvalue weighted by molar-refractivity contribution is -0.113. The van der Waals surface area contributed by atoms with E-state index in [-0.39, 0.29) is 17.2 Å². The Bertz CT molecular complexity index is 1690. The zero-order chi connectivity index (χ0) is 29.6. The van der Waals surface area contributed by atoms with Crippen molar-refractivity contribution in [3.63, 3.8) is 0 Å². The Morgan fingerprint density at radius 1 is 0.833 bits per heavy atom. The molecule has 0 saturated carbocycles. The highest BCUT2D eigenvalue weighted by Crippen LogP contribution is 2.38. The van der Waals surface area contributed by atoms with Crippen LogP contribution in [0.5, 0.6) is 11.5 Å². The third kappa shape index (κ3) is 6.17. The molecule has 0 aromatic heterocycles.